The van der Waals surface area contributed by atoms with Gasteiger partial charge in [-0.3, -0.25) is 0 Å². The maximum atomic E-state index is 11.5. The van der Waals surface area contributed by atoms with Gasteiger partial charge in [-0.1, -0.05) is 5.21 Å². The van der Waals surface area contributed by atoms with Gasteiger partial charge in [0.05, 0.1) is 31.6 Å². The third kappa shape index (κ3) is 3.22. The molecular weight excluding hydrogens is 228 g/mol. The molecule has 1 rings (SSSR count). The minimum absolute atomic E-state index is 0.0233. The first-order valence-corrected chi connectivity index (χ1v) is 5.22. The lowest BCUT2D eigenvalue weighted by Crippen LogP contribution is -2.23. The number of aliphatic hydroxyl groups is 2. The van der Waals surface area contributed by atoms with Gasteiger partial charge in [0.25, 0.3) is 0 Å². The molecule has 0 aliphatic carbocycles. The van der Waals surface area contributed by atoms with E-state index in [1.807, 2.05) is 0 Å². The monoisotopic (exact) mass is 244 g/mol. The molecule has 17 heavy (non-hydrogen) atoms. The molecule has 0 bridgehead atoms. The Morgan fingerprint density at radius 3 is 2.88 bits per heavy atom. The van der Waals surface area contributed by atoms with E-state index < -0.39 is 18.7 Å². The molecule has 0 fully saturated rings. The number of rotatable bonds is 6. The van der Waals surface area contributed by atoms with Crippen molar-refractivity contribution >= 4 is 5.97 Å². The van der Waals surface area contributed by atoms with E-state index in [4.69, 9.17) is 15.6 Å². The smallest absolute Gasteiger partial charge is 0.360 e. The Bertz CT molecular complexity index is 379. The third-order valence-electron chi connectivity index (χ3n) is 2.09. The van der Waals surface area contributed by atoms with Crippen LogP contribution in [-0.2, 0) is 17.8 Å². The number of nitrogens with zero attached hydrogens (tertiary/aromatic N) is 3. The molecule has 0 aromatic carbocycles. The Hall–Kier alpha value is -1.51. The standard InChI is InChI=1S/C9H16N4O4/c1-2-17-9(16)8-7(3-10)13(12-11-8)4-6(15)5-14/h6,14-15H,2-5,10H2,1H3. The van der Waals surface area contributed by atoms with Crippen LogP contribution in [0.15, 0.2) is 0 Å². The number of nitrogens with two attached hydrogens (primary N) is 1. The fourth-order valence-electron chi connectivity index (χ4n) is 1.30. The first-order chi connectivity index (χ1) is 8.13. The Labute approximate surface area is 98.0 Å². The molecule has 8 nitrogen and oxygen atoms in total. The second-order valence-corrected chi connectivity index (χ2v) is 3.33. The summed E-state index contributed by atoms with van der Waals surface area (Å²) in [4.78, 5) is 11.5. The van der Waals surface area contributed by atoms with Gasteiger partial charge >= 0.3 is 5.97 Å². The molecule has 1 aromatic heterocycles. The topological polar surface area (TPSA) is 123 Å². The Morgan fingerprint density at radius 2 is 2.35 bits per heavy atom. The van der Waals surface area contributed by atoms with Gasteiger partial charge in [0.15, 0.2) is 5.69 Å². The Balaban J connectivity index is 2.90. The van der Waals surface area contributed by atoms with Gasteiger partial charge < -0.3 is 20.7 Å². The zero-order valence-corrected chi connectivity index (χ0v) is 9.54. The van der Waals surface area contributed by atoms with E-state index in [9.17, 15) is 9.90 Å². The van der Waals surface area contributed by atoms with Crippen molar-refractivity contribution in [1.29, 1.82) is 0 Å². The lowest BCUT2D eigenvalue weighted by atomic mass is 10.3. The fourth-order valence-corrected chi connectivity index (χ4v) is 1.30. The largest absolute Gasteiger partial charge is 0.461 e. The van der Waals surface area contributed by atoms with E-state index in [-0.39, 0.29) is 25.4 Å². The Morgan fingerprint density at radius 1 is 1.65 bits per heavy atom. The van der Waals surface area contributed by atoms with Gasteiger partial charge in [0.2, 0.25) is 0 Å². The molecule has 1 aromatic rings. The highest BCUT2D eigenvalue weighted by Gasteiger charge is 2.20. The summed E-state index contributed by atoms with van der Waals surface area (Å²) >= 11 is 0. The van der Waals surface area contributed by atoms with Crippen molar-refractivity contribution in [3.63, 3.8) is 0 Å². The third-order valence-corrected chi connectivity index (χ3v) is 2.09. The maximum absolute atomic E-state index is 11.5. The molecule has 4 N–H and O–H groups in total. The van der Waals surface area contributed by atoms with Gasteiger partial charge in [-0.25, -0.2) is 9.48 Å². The first-order valence-electron chi connectivity index (χ1n) is 5.22. The van der Waals surface area contributed by atoms with Crippen LogP contribution in [0.2, 0.25) is 0 Å². The number of hydrogen-bond donors (Lipinski definition) is 3. The highest BCUT2D eigenvalue weighted by molar-refractivity contribution is 5.88. The van der Waals surface area contributed by atoms with Gasteiger partial charge in [-0.05, 0) is 6.92 Å². The van der Waals surface area contributed by atoms with Crippen molar-refractivity contribution in [2.75, 3.05) is 13.2 Å². The molecule has 0 saturated carbocycles. The predicted octanol–water partition coefficient (Wildman–Crippen LogP) is -1.73. The normalized spacial score (nSPS) is 12.5. The number of esters is 1. The summed E-state index contributed by atoms with van der Waals surface area (Å²) < 4.78 is 6.08. The van der Waals surface area contributed by atoms with Crippen molar-refractivity contribution in [3.8, 4) is 0 Å². The average molecular weight is 244 g/mol. The van der Waals surface area contributed by atoms with Crippen molar-refractivity contribution in [2.24, 2.45) is 5.73 Å². The molecule has 1 atom stereocenters. The Kier molecular flexibility index (Phi) is 5.01. The molecule has 0 aliphatic rings. The number of carbonyl (C=O) groups is 1. The van der Waals surface area contributed by atoms with Gasteiger partial charge in [-0.15, -0.1) is 5.10 Å². The molecule has 96 valence electrons. The van der Waals surface area contributed by atoms with Gasteiger partial charge in [0.1, 0.15) is 0 Å². The highest BCUT2D eigenvalue weighted by Crippen LogP contribution is 2.07. The molecular formula is C9H16N4O4. The van der Waals surface area contributed by atoms with Gasteiger partial charge in [-0.2, -0.15) is 0 Å². The number of aromatic nitrogens is 3. The molecule has 0 amide bonds. The highest BCUT2D eigenvalue weighted by atomic mass is 16.5. The second-order valence-electron chi connectivity index (χ2n) is 3.33. The zero-order chi connectivity index (χ0) is 12.8. The van der Waals surface area contributed by atoms with E-state index in [0.29, 0.717) is 5.69 Å². The van der Waals surface area contributed by atoms with Crippen LogP contribution in [0.25, 0.3) is 0 Å². The predicted molar refractivity (Wildman–Crippen MR) is 57.0 cm³/mol. The first kappa shape index (κ1) is 13.6. The van der Waals surface area contributed by atoms with Crippen LogP contribution in [0.4, 0.5) is 0 Å². The molecule has 0 radical (unpaired) electrons. The summed E-state index contributed by atoms with van der Waals surface area (Å²) in [7, 11) is 0. The van der Waals surface area contributed by atoms with Crippen molar-refractivity contribution in [3.05, 3.63) is 11.4 Å². The average Bonchev–Trinajstić information content (AvgIpc) is 2.72. The van der Waals surface area contributed by atoms with Crippen LogP contribution in [0.5, 0.6) is 0 Å². The summed E-state index contributed by atoms with van der Waals surface area (Å²) in [5.41, 5.74) is 5.91. The van der Waals surface area contributed by atoms with E-state index in [1.165, 1.54) is 4.68 Å². The van der Waals surface area contributed by atoms with Crippen molar-refractivity contribution in [1.82, 2.24) is 15.0 Å². The van der Waals surface area contributed by atoms with Crippen LogP contribution < -0.4 is 5.73 Å². The lowest BCUT2D eigenvalue weighted by molar-refractivity contribution is 0.0517. The molecule has 1 unspecified atom stereocenters. The van der Waals surface area contributed by atoms with Gasteiger partial charge in [0, 0.05) is 6.54 Å². The van der Waals surface area contributed by atoms with E-state index >= 15 is 0 Å². The SMILES string of the molecule is CCOC(=O)c1nnn(CC(O)CO)c1CN. The van der Waals surface area contributed by atoms with Crippen molar-refractivity contribution < 1.29 is 19.7 Å². The number of carbonyl (C=O) groups excluding carboxylic acids is 1. The molecule has 8 heteroatoms. The minimum atomic E-state index is -0.975. The number of hydrogen-bond acceptors (Lipinski definition) is 7. The molecule has 0 aliphatic heterocycles. The summed E-state index contributed by atoms with van der Waals surface area (Å²) in [5.74, 6) is -0.599. The van der Waals surface area contributed by atoms with Crippen molar-refractivity contribution in [2.45, 2.75) is 26.1 Å². The van der Waals surface area contributed by atoms with E-state index in [2.05, 4.69) is 10.3 Å². The zero-order valence-electron chi connectivity index (χ0n) is 9.54. The quantitative estimate of drug-likeness (QED) is 0.508. The minimum Gasteiger partial charge on any atom is -0.461 e. The number of ether oxygens (including phenoxy) is 1. The summed E-state index contributed by atoms with van der Waals surface area (Å²) in [6, 6.07) is 0. The second kappa shape index (κ2) is 6.28. The van der Waals surface area contributed by atoms with E-state index in [0.717, 1.165) is 0 Å². The molecule has 0 spiro atoms. The fraction of sp³-hybridized carbons (Fsp3) is 0.667. The maximum Gasteiger partial charge on any atom is 0.360 e. The lowest BCUT2D eigenvalue weighted by Gasteiger charge is -2.09. The summed E-state index contributed by atoms with van der Waals surface area (Å²) in [5, 5.41) is 25.4. The van der Waals surface area contributed by atoms with Crippen LogP contribution in [0.1, 0.15) is 23.1 Å². The molecule has 1 heterocycles. The van der Waals surface area contributed by atoms with E-state index in [1.54, 1.807) is 6.92 Å². The van der Waals surface area contributed by atoms with Crippen LogP contribution in [-0.4, -0.2) is 50.5 Å². The van der Waals surface area contributed by atoms with Crippen LogP contribution in [0, 0.1) is 0 Å². The molecule has 0 saturated heterocycles. The summed E-state index contributed by atoms with van der Waals surface area (Å²) in [6.07, 6.45) is -0.975. The summed E-state index contributed by atoms with van der Waals surface area (Å²) in [6.45, 7) is 1.57. The van der Waals surface area contributed by atoms with Crippen LogP contribution >= 0.6 is 0 Å². The van der Waals surface area contributed by atoms with Crippen LogP contribution in [0.3, 0.4) is 0 Å². The number of aliphatic hydroxyl groups excluding tert-OH is 2.